The second-order valence-corrected chi connectivity index (χ2v) is 4.65. The van der Waals surface area contributed by atoms with Gasteiger partial charge in [0, 0.05) is 5.33 Å². The van der Waals surface area contributed by atoms with Gasteiger partial charge in [0.25, 0.3) is 0 Å². The standard InChI is InChI=1S/C14H21BrO2/c1-2-16-13-7-9-14(10-8-13)17-12-6-4-3-5-11-15/h7-10H,2-6,11-12H2,1H3. The van der Waals surface area contributed by atoms with E-state index in [0.717, 1.165) is 29.9 Å². The Morgan fingerprint density at radius 1 is 0.882 bits per heavy atom. The molecule has 0 aliphatic carbocycles. The lowest BCUT2D eigenvalue weighted by Crippen LogP contribution is -1.97. The summed E-state index contributed by atoms with van der Waals surface area (Å²) in [4.78, 5) is 0. The molecule has 0 heterocycles. The first-order valence-corrected chi connectivity index (χ1v) is 7.40. The van der Waals surface area contributed by atoms with Crippen molar-refractivity contribution in [3.8, 4) is 11.5 Å². The van der Waals surface area contributed by atoms with Gasteiger partial charge in [0.1, 0.15) is 11.5 Å². The summed E-state index contributed by atoms with van der Waals surface area (Å²) in [5.74, 6) is 1.83. The largest absolute Gasteiger partial charge is 0.494 e. The number of halogens is 1. The van der Waals surface area contributed by atoms with Gasteiger partial charge >= 0.3 is 0 Å². The van der Waals surface area contributed by atoms with E-state index in [4.69, 9.17) is 9.47 Å². The monoisotopic (exact) mass is 300 g/mol. The van der Waals surface area contributed by atoms with Crippen LogP contribution in [-0.2, 0) is 0 Å². The SMILES string of the molecule is CCOc1ccc(OCCCCCCBr)cc1. The van der Waals surface area contributed by atoms with Gasteiger partial charge in [0.15, 0.2) is 0 Å². The highest BCUT2D eigenvalue weighted by atomic mass is 79.9. The molecular weight excluding hydrogens is 280 g/mol. The molecule has 1 rings (SSSR count). The predicted molar refractivity (Wildman–Crippen MR) is 75.4 cm³/mol. The van der Waals surface area contributed by atoms with E-state index in [1.54, 1.807) is 0 Å². The summed E-state index contributed by atoms with van der Waals surface area (Å²) < 4.78 is 11.0. The van der Waals surface area contributed by atoms with Gasteiger partial charge in [0.2, 0.25) is 0 Å². The molecule has 96 valence electrons. The van der Waals surface area contributed by atoms with E-state index >= 15 is 0 Å². The number of alkyl halides is 1. The number of rotatable bonds is 9. The van der Waals surface area contributed by atoms with Crippen LogP contribution in [0.5, 0.6) is 11.5 Å². The van der Waals surface area contributed by atoms with E-state index in [1.807, 2.05) is 31.2 Å². The molecule has 1 aromatic carbocycles. The molecule has 0 saturated carbocycles. The molecule has 2 nitrogen and oxygen atoms in total. The van der Waals surface area contributed by atoms with Crippen LogP contribution in [0.15, 0.2) is 24.3 Å². The summed E-state index contributed by atoms with van der Waals surface area (Å²) in [5.41, 5.74) is 0. The molecule has 0 aliphatic rings. The van der Waals surface area contributed by atoms with Crippen molar-refractivity contribution in [2.45, 2.75) is 32.6 Å². The first-order chi connectivity index (χ1) is 8.36. The Bertz CT molecular complexity index is 285. The first-order valence-electron chi connectivity index (χ1n) is 6.28. The van der Waals surface area contributed by atoms with Crippen LogP contribution >= 0.6 is 15.9 Å². The third kappa shape index (κ3) is 6.57. The molecule has 0 unspecified atom stereocenters. The van der Waals surface area contributed by atoms with Crippen molar-refractivity contribution >= 4 is 15.9 Å². The van der Waals surface area contributed by atoms with E-state index in [2.05, 4.69) is 15.9 Å². The van der Waals surface area contributed by atoms with Gasteiger partial charge in [-0.05, 0) is 44.0 Å². The van der Waals surface area contributed by atoms with Crippen LogP contribution < -0.4 is 9.47 Å². The van der Waals surface area contributed by atoms with Gasteiger partial charge < -0.3 is 9.47 Å². The molecule has 0 radical (unpaired) electrons. The van der Waals surface area contributed by atoms with Crippen molar-refractivity contribution in [2.24, 2.45) is 0 Å². The summed E-state index contributed by atoms with van der Waals surface area (Å²) >= 11 is 3.43. The minimum Gasteiger partial charge on any atom is -0.494 e. The molecule has 0 amide bonds. The first kappa shape index (κ1) is 14.4. The lowest BCUT2D eigenvalue weighted by molar-refractivity contribution is 0.303. The Balaban J connectivity index is 2.14. The Hall–Kier alpha value is -0.700. The van der Waals surface area contributed by atoms with E-state index < -0.39 is 0 Å². The highest BCUT2D eigenvalue weighted by Gasteiger charge is 1.96. The van der Waals surface area contributed by atoms with Crippen LogP contribution in [0.1, 0.15) is 32.6 Å². The highest BCUT2D eigenvalue weighted by molar-refractivity contribution is 9.09. The third-order valence-corrected chi connectivity index (χ3v) is 2.99. The maximum atomic E-state index is 5.65. The van der Waals surface area contributed by atoms with Crippen molar-refractivity contribution < 1.29 is 9.47 Å². The van der Waals surface area contributed by atoms with E-state index in [1.165, 1.54) is 19.3 Å². The quantitative estimate of drug-likeness (QED) is 0.496. The summed E-state index contributed by atoms with van der Waals surface area (Å²) in [6.45, 7) is 3.49. The summed E-state index contributed by atoms with van der Waals surface area (Å²) in [7, 11) is 0. The van der Waals surface area contributed by atoms with E-state index in [9.17, 15) is 0 Å². The van der Waals surface area contributed by atoms with Crippen molar-refractivity contribution in [1.29, 1.82) is 0 Å². The smallest absolute Gasteiger partial charge is 0.119 e. The maximum Gasteiger partial charge on any atom is 0.119 e. The zero-order valence-electron chi connectivity index (χ0n) is 10.5. The minimum atomic E-state index is 0.702. The van der Waals surface area contributed by atoms with Gasteiger partial charge in [-0.2, -0.15) is 0 Å². The van der Waals surface area contributed by atoms with Gasteiger partial charge in [-0.1, -0.05) is 28.8 Å². The van der Waals surface area contributed by atoms with Crippen molar-refractivity contribution in [3.05, 3.63) is 24.3 Å². The van der Waals surface area contributed by atoms with Crippen LogP contribution in [0, 0.1) is 0 Å². The molecule has 3 heteroatoms. The normalized spacial score (nSPS) is 10.2. The van der Waals surface area contributed by atoms with Crippen molar-refractivity contribution in [1.82, 2.24) is 0 Å². The van der Waals surface area contributed by atoms with E-state index in [-0.39, 0.29) is 0 Å². The number of hydrogen-bond donors (Lipinski definition) is 0. The Morgan fingerprint density at radius 3 is 2.06 bits per heavy atom. The predicted octanol–water partition coefficient (Wildman–Crippen LogP) is 4.42. The fraction of sp³-hybridized carbons (Fsp3) is 0.571. The molecule has 0 aliphatic heterocycles. The van der Waals surface area contributed by atoms with Gasteiger partial charge in [-0.15, -0.1) is 0 Å². The van der Waals surface area contributed by atoms with E-state index in [0.29, 0.717) is 6.61 Å². The fourth-order valence-electron chi connectivity index (χ4n) is 1.54. The Morgan fingerprint density at radius 2 is 1.47 bits per heavy atom. The zero-order valence-corrected chi connectivity index (χ0v) is 12.0. The van der Waals surface area contributed by atoms with Gasteiger partial charge in [-0.3, -0.25) is 0 Å². The van der Waals surface area contributed by atoms with Gasteiger partial charge in [-0.25, -0.2) is 0 Å². The number of ether oxygens (including phenoxy) is 2. The summed E-state index contributed by atoms with van der Waals surface area (Å²) in [5, 5.41) is 1.10. The number of benzene rings is 1. The molecule has 0 spiro atoms. The second kappa shape index (κ2) is 9.34. The molecule has 0 bridgehead atoms. The van der Waals surface area contributed by atoms with Gasteiger partial charge in [0.05, 0.1) is 13.2 Å². The van der Waals surface area contributed by atoms with Crippen LogP contribution in [0.25, 0.3) is 0 Å². The highest BCUT2D eigenvalue weighted by Crippen LogP contribution is 2.17. The molecule has 1 aromatic rings. The van der Waals surface area contributed by atoms with Crippen molar-refractivity contribution in [2.75, 3.05) is 18.5 Å². The molecule has 0 atom stereocenters. The molecular formula is C14H21BrO2. The minimum absolute atomic E-state index is 0.702. The maximum absolute atomic E-state index is 5.65. The average molecular weight is 301 g/mol. The molecule has 0 N–H and O–H groups in total. The lowest BCUT2D eigenvalue weighted by Gasteiger charge is -2.07. The lowest BCUT2D eigenvalue weighted by atomic mass is 10.2. The average Bonchev–Trinajstić information content (AvgIpc) is 2.36. The number of hydrogen-bond acceptors (Lipinski definition) is 2. The Kier molecular flexibility index (Phi) is 7.89. The van der Waals surface area contributed by atoms with Crippen LogP contribution in [0.4, 0.5) is 0 Å². The van der Waals surface area contributed by atoms with Crippen molar-refractivity contribution in [3.63, 3.8) is 0 Å². The number of unbranched alkanes of at least 4 members (excludes halogenated alkanes) is 3. The fourth-order valence-corrected chi connectivity index (χ4v) is 1.94. The molecule has 0 saturated heterocycles. The van der Waals surface area contributed by atoms with Crippen LogP contribution in [0.3, 0.4) is 0 Å². The van der Waals surface area contributed by atoms with Crippen LogP contribution in [-0.4, -0.2) is 18.5 Å². The molecule has 17 heavy (non-hydrogen) atoms. The molecule has 0 fully saturated rings. The Labute approximate surface area is 112 Å². The summed E-state index contributed by atoms with van der Waals surface area (Å²) in [6.07, 6.45) is 4.89. The third-order valence-electron chi connectivity index (χ3n) is 2.43. The zero-order chi connectivity index (χ0) is 12.3. The second-order valence-electron chi connectivity index (χ2n) is 3.86. The van der Waals surface area contributed by atoms with Crippen LogP contribution in [0.2, 0.25) is 0 Å². The summed E-state index contributed by atoms with van der Waals surface area (Å²) in [6, 6.07) is 7.82. The topological polar surface area (TPSA) is 18.5 Å². The molecule has 0 aromatic heterocycles.